The molecule has 2 aromatic rings. The fourth-order valence-electron chi connectivity index (χ4n) is 1.86. The highest BCUT2D eigenvalue weighted by Gasteiger charge is 2.07. The molecule has 0 bridgehead atoms. The first-order valence-electron chi connectivity index (χ1n) is 7.25. The van der Waals surface area contributed by atoms with Crippen LogP contribution >= 0.6 is 0 Å². The van der Waals surface area contributed by atoms with E-state index in [1.54, 1.807) is 24.3 Å². The van der Waals surface area contributed by atoms with Gasteiger partial charge in [0.05, 0.1) is 19.9 Å². The van der Waals surface area contributed by atoms with Gasteiger partial charge >= 0.3 is 0 Å². The lowest BCUT2D eigenvalue weighted by atomic mass is 10.2. The van der Waals surface area contributed by atoms with E-state index >= 15 is 0 Å². The van der Waals surface area contributed by atoms with E-state index in [4.69, 9.17) is 4.74 Å². The van der Waals surface area contributed by atoms with Gasteiger partial charge in [0.15, 0.2) is 0 Å². The number of hydrazone groups is 1. The van der Waals surface area contributed by atoms with Gasteiger partial charge in [0.2, 0.25) is 0 Å². The number of methoxy groups -OCH3 is 1. The smallest absolute Gasteiger partial charge is 0.259 e. The maximum atomic E-state index is 11.9. The minimum atomic E-state index is -0.531. The largest absolute Gasteiger partial charge is 0.508 e. The highest BCUT2D eigenvalue weighted by molar-refractivity contribution is 5.96. The Labute approximate surface area is 143 Å². The molecule has 0 spiro atoms. The molecule has 0 aromatic heterocycles. The molecule has 2 rings (SSSR count). The van der Waals surface area contributed by atoms with Gasteiger partial charge < -0.3 is 20.3 Å². The summed E-state index contributed by atoms with van der Waals surface area (Å²) in [5.41, 5.74) is 2.93. The molecule has 2 aromatic carbocycles. The van der Waals surface area contributed by atoms with Crippen LogP contribution in [0.25, 0.3) is 0 Å². The molecule has 8 nitrogen and oxygen atoms in total. The van der Waals surface area contributed by atoms with Gasteiger partial charge in [-0.3, -0.25) is 9.59 Å². The molecule has 4 N–H and O–H groups in total. The topological polar surface area (TPSA) is 120 Å². The lowest BCUT2D eigenvalue weighted by Gasteiger charge is -2.05. The molecule has 0 saturated heterocycles. The van der Waals surface area contributed by atoms with Crippen LogP contribution in [-0.2, 0) is 4.79 Å². The second-order valence-electron chi connectivity index (χ2n) is 4.95. The van der Waals surface area contributed by atoms with Crippen molar-refractivity contribution in [3.05, 3.63) is 53.6 Å². The Balaban J connectivity index is 1.81. The Hall–Kier alpha value is -3.55. The van der Waals surface area contributed by atoms with Crippen LogP contribution in [0.4, 0.5) is 0 Å². The van der Waals surface area contributed by atoms with Crippen molar-refractivity contribution in [2.24, 2.45) is 5.10 Å². The number of nitrogens with zero attached hydrogens (tertiary/aromatic N) is 1. The third-order valence-corrected chi connectivity index (χ3v) is 3.17. The zero-order valence-corrected chi connectivity index (χ0v) is 13.4. The molecule has 0 aliphatic rings. The van der Waals surface area contributed by atoms with Crippen molar-refractivity contribution in [1.82, 2.24) is 10.7 Å². The summed E-state index contributed by atoms with van der Waals surface area (Å²) < 4.78 is 5.00. The monoisotopic (exact) mass is 343 g/mol. The SMILES string of the molecule is COc1ccc(C(=O)NCC(=O)N/N=C\c2ccc(O)cc2O)cc1. The minimum Gasteiger partial charge on any atom is -0.508 e. The van der Waals surface area contributed by atoms with Crippen LogP contribution in [0, 0.1) is 0 Å². The van der Waals surface area contributed by atoms with Gasteiger partial charge in [0.1, 0.15) is 17.2 Å². The van der Waals surface area contributed by atoms with E-state index in [2.05, 4.69) is 15.8 Å². The number of ether oxygens (including phenoxy) is 1. The molecule has 0 heterocycles. The van der Waals surface area contributed by atoms with E-state index in [1.165, 1.54) is 25.5 Å². The number of carbonyl (C=O) groups excluding carboxylic acids is 2. The first-order chi connectivity index (χ1) is 12.0. The van der Waals surface area contributed by atoms with E-state index in [-0.39, 0.29) is 18.0 Å². The number of rotatable bonds is 6. The quantitative estimate of drug-likeness (QED) is 0.460. The Morgan fingerprint density at radius 1 is 1.16 bits per heavy atom. The van der Waals surface area contributed by atoms with Crippen molar-refractivity contribution in [2.75, 3.05) is 13.7 Å². The van der Waals surface area contributed by atoms with Crippen LogP contribution < -0.4 is 15.5 Å². The average Bonchev–Trinajstić information content (AvgIpc) is 2.61. The summed E-state index contributed by atoms with van der Waals surface area (Å²) in [5.74, 6) is -0.568. The first-order valence-corrected chi connectivity index (χ1v) is 7.25. The molecule has 25 heavy (non-hydrogen) atoms. The van der Waals surface area contributed by atoms with Crippen molar-refractivity contribution in [3.63, 3.8) is 0 Å². The van der Waals surface area contributed by atoms with Gasteiger partial charge in [-0.1, -0.05) is 0 Å². The van der Waals surface area contributed by atoms with Crippen LogP contribution in [0.1, 0.15) is 15.9 Å². The number of aromatic hydroxyl groups is 2. The van der Waals surface area contributed by atoms with Gasteiger partial charge in [-0.05, 0) is 36.4 Å². The lowest BCUT2D eigenvalue weighted by molar-refractivity contribution is -0.120. The van der Waals surface area contributed by atoms with E-state index in [0.717, 1.165) is 6.07 Å². The molecule has 0 saturated carbocycles. The van der Waals surface area contributed by atoms with E-state index in [1.807, 2.05) is 0 Å². The molecule has 0 aliphatic heterocycles. The zero-order valence-electron chi connectivity index (χ0n) is 13.4. The first kappa shape index (κ1) is 17.8. The van der Waals surface area contributed by atoms with Crippen LogP contribution in [-0.4, -0.2) is 41.9 Å². The fourth-order valence-corrected chi connectivity index (χ4v) is 1.86. The third kappa shape index (κ3) is 5.24. The van der Waals surface area contributed by atoms with Gasteiger partial charge in [-0.25, -0.2) is 5.43 Å². The maximum absolute atomic E-state index is 11.9. The van der Waals surface area contributed by atoms with Gasteiger partial charge in [0, 0.05) is 17.2 Å². The van der Waals surface area contributed by atoms with Crippen LogP contribution in [0.3, 0.4) is 0 Å². The predicted octanol–water partition coefficient (Wildman–Crippen LogP) is 0.986. The van der Waals surface area contributed by atoms with E-state index < -0.39 is 11.8 Å². The number of phenols is 2. The summed E-state index contributed by atoms with van der Waals surface area (Å²) in [6.45, 7) is -0.260. The second kappa shape index (κ2) is 8.34. The van der Waals surface area contributed by atoms with Crippen molar-refractivity contribution < 1.29 is 24.5 Å². The maximum Gasteiger partial charge on any atom is 0.259 e. The Bertz CT molecular complexity index is 787. The Morgan fingerprint density at radius 2 is 1.88 bits per heavy atom. The third-order valence-electron chi connectivity index (χ3n) is 3.17. The summed E-state index contributed by atoms with van der Waals surface area (Å²) in [6, 6.07) is 10.4. The highest BCUT2D eigenvalue weighted by atomic mass is 16.5. The number of nitrogens with one attached hydrogen (secondary N) is 2. The Morgan fingerprint density at radius 3 is 2.52 bits per heavy atom. The molecule has 0 fully saturated rings. The van der Waals surface area contributed by atoms with Gasteiger partial charge in [-0.2, -0.15) is 5.10 Å². The lowest BCUT2D eigenvalue weighted by Crippen LogP contribution is -2.34. The second-order valence-corrected chi connectivity index (χ2v) is 4.95. The van der Waals surface area contributed by atoms with Crippen molar-refractivity contribution in [2.45, 2.75) is 0 Å². The predicted molar refractivity (Wildman–Crippen MR) is 90.8 cm³/mol. The summed E-state index contributed by atoms with van der Waals surface area (Å²) in [6.07, 6.45) is 1.22. The molecule has 0 unspecified atom stereocenters. The summed E-state index contributed by atoms with van der Waals surface area (Å²) >= 11 is 0. The zero-order chi connectivity index (χ0) is 18.2. The molecule has 130 valence electrons. The number of hydrogen-bond donors (Lipinski definition) is 4. The number of hydrogen-bond acceptors (Lipinski definition) is 6. The van der Waals surface area contributed by atoms with Gasteiger partial charge in [-0.15, -0.1) is 0 Å². The summed E-state index contributed by atoms with van der Waals surface area (Å²) in [5, 5.41) is 24.9. The van der Waals surface area contributed by atoms with Crippen molar-refractivity contribution in [3.8, 4) is 17.2 Å². The minimum absolute atomic E-state index is 0.0834. The molecule has 0 atom stereocenters. The molecular weight excluding hydrogens is 326 g/mol. The number of amides is 2. The number of phenolic OH excluding ortho intramolecular Hbond substituents is 2. The summed E-state index contributed by atoms with van der Waals surface area (Å²) in [7, 11) is 1.53. The standard InChI is InChI=1S/C17H17N3O5/c1-25-14-6-3-11(4-7-14)17(24)18-10-16(23)20-19-9-12-2-5-13(21)8-15(12)22/h2-9,21-22H,10H2,1H3,(H,18,24)(H,20,23)/b19-9-. The van der Waals surface area contributed by atoms with Crippen LogP contribution in [0.5, 0.6) is 17.2 Å². The molecule has 0 radical (unpaired) electrons. The molecule has 8 heteroatoms. The highest BCUT2D eigenvalue weighted by Crippen LogP contribution is 2.20. The fraction of sp³-hybridized carbons (Fsp3) is 0.118. The van der Waals surface area contributed by atoms with E-state index in [9.17, 15) is 19.8 Å². The number of benzene rings is 2. The van der Waals surface area contributed by atoms with E-state index in [0.29, 0.717) is 16.9 Å². The summed E-state index contributed by atoms with van der Waals surface area (Å²) in [4.78, 5) is 23.5. The van der Waals surface area contributed by atoms with Gasteiger partial charge in [0.25, 0.3) is 11.8 Å². The normalized spacial score (nSPS) is 10.4. The molecule has 2 amide bonds. The van der Waals surface area contributed by atoms with Crippen molar-refractivity contribution in [1.29, 1.82) is 0 Å². The molecule has 0 aliphatic carbocycles. The van der Waals surface area contributed by atoms with Crippen molar-refractivity contribution >= 4 is 18.0 Å². The Kier molecular flexibility index (Phi) is 5.94. The average molecular weight is 343 g/mol. The molecular formula is C17H17N3O5. The number of carbonyl (C=O) groups is 2. The van der Waals surface area contributed by atoms with Crippen LogP contribution in [0.2, 0.25) is 0 Å². The van der Waals surface area contributed by atoms with Crippen LogP contribution in [0.15, 0.2) is 47.6 Å².